The van der Waals surface area contributed by atoms with Gasteiger partial charge in [0.2, 0.25) is 0 Å². The third-order valence-electron chi connectivity index (χ3n) is 3.57. The molecule has 0 bridgehead atoms. The van der Waals surface area contributed by atoms with Crippen LogP contribution in [0.4, 0.5) is 4.79 Å². The van der Waals surface area contributed by atoms with Crippen LogP contribution in [0.3, 0.4) is 0 Å². The molecule has 0 aromatic carbocycles. The maximum atomic E-state index is 11.5. The molecule has 0 aliphatic carbocycles. The Balaban J connectivity index is 2.04. The Hall–Kier alpha value is -0.490. The predicted molar refractivity (Wildman–Crippen MR) is 84.6 cm³/mol. The average molecular weight is 340 g/mol. The second-order valence-corrected chi connectivity index (χ2v) is 8.32. The molecule has 1 saturated heterocycles. The van der Waals surface area contributed by atoms with E-state index in [0.29, 0.717) is 6.61 Å². The number of ether oxygens (including phenoxy) is 1. The van der Waals surface area contributed by atoms with E-state index >= 15 is 0 Å². The van der Waals surface area contributed by atoms with Gasteiger partial charge in [0, 0.05) is 0 Å². The van der Waals surface area contributed by atoms with Crippen molar-refractivity contribution < 1.29 is 17.9 Å². The quantitative estimate of drug-likeness (QED) is 0.518. The lowest BCUT2D eigenvalue weighted by atomic mass is 10.1. The van der Waals surface area contributed by atoms with Gasteiger partial charge >= 0.3 is 6.09 Å². The molecule has 21 heavy (non-hydrogen) atoms. The summed E-state index contributed by atoms with van der Waals surface area (Å²) in [7, 11) is -3.13. The summed E-state index contributed by atoms with van der Waals surface area (Å²) >= 11 is 5.90. The second kappa shape index (κ2) is 9.51. The molecule has 0 aromatic rings. The minimum atomic E-state index is -3.13. The Labute approximate surface area is 132 Å². The molecule has 1 rings (SSSR count). The van der Waals surface area contributed by atoms with Crippen LogP contribution in [0.2, 0.25) is 0 Å². The third-order valence-corrected chi connectivity index (χ3v) is 5.94. The van der Waals surface area contributed by atoms with Gasteiger partial charge in [0.25, 0.3) is 0 Å². The molecule has 1 aliphatic heterocycles. The Bertz CT molecular complexity index is 413. The highest BCUT2D eigenvalue weighted by Gasteiger charge is 2.37. The van der Waals surface area contributed by atoms with Crippen LogP contribution >= 0.6 is 11.6 Å². The first-order valence-electron chi connectivity index (χ1n) is 7.72. The van der Waals surface area contributed by atoms with E-state index in [2.05, 4.69) is 12.2 Å². The molecule has 2 atom stereocenters. The van der Waals surface area contributed by atoms with E-state index in [-0.39, 0.29) is 11.5 Å². The van der Waals surface area contributed by atoms with Gasteiger partial charge in [-0.3, -0.25) is 0 Å². The molecule has 7 heteroatoms. The zero-order chi connectivity index (χ0) is 15.7. The summed E-state index contributed by atoms with van der Waals surface area (Å²) in [6.45, 7) is 2.56. The highest BCUT2D eigenvalue weighted by Crippen LogP contribution is 2.18. The monoisotopic (exact) mass is 339 g/mol. The molecule has 0 saturated carbocycles. The van der Waals surface area contributed by atoms with Crippen LogP contribution in [0, 0.1) is 0 Å². The Morgan fingerprint density at radius 3 is 2.33 bits per heavy atom. The van der Waals surface area contributed by atoms with Crippen LogP contribution in [0.25, 0.3) is 0 Å². The molecule has 1 fully saturated rings. The molecule has 124 valence electrons. The maximum Gasteiger partial charge on any atom is 0.407 e. The van der Waals surface area contributed by atoms with Crippen molar-refractivity contribution in [3.05, 3.63) is 0 Å². The number of halogens is 1. The first-order valence-corrected chi connectivity index (χ1v) is 9.98. The highest BCUT2D eigenvalue weighted by atomic mass is 35.5. The lowest BCUT2D eigenvalue weighted by Gasteiger charge is -2.14. The minimum Gasteiger partial charge on any atom is -0.450 e. The number of alkyl carbamates (subject to hydrolysis) is 1. The molecule has 1 heterocycles. The van der Waals surface area contributed by atoms with Crippen molar-refractivity contribution in [1.29, 1.82) is 0 Å². The zero-order valence-corrected chi connectivity index (χ0v) is 14.2. The summed E-state index contributed by atoms with van der Waals surface area (Å²) in [6, 6.07) is -0.543. The van der Waals surface area contributed by atoms with Crippen LogP contribution in [0.15, 0.2) is 0 Å². The number of sulfone groups is 1. The summed E-state index contributed by atoms with van der Waals surface area (Å²) in [5, 5.41) is 1.96. The fourth-order valence-corrected chi connectivity index (χ4v) is 4.90. The van der Waals surface area contributed by atoms with Crippen LogP contribution < -0.4 is 5.32 Å². The fraction of sp³-hybridized carbons (Fsp3) is 0.929. The normalized spacial score (nSPS) is 23.9. The van der Waals surface area contributed by atoms with Crippen LogP contribution in [0.5, 0.6) is 0 Å². The Morgan fingerprint density at radius 2 is 1.76 bits per heavy atom. The van der Waals surface area contributed by atoms with Crippen molar-refractivity contribution in [3.63, 3.8) is 0 Å². The minimum absolute atomic E-state index is 0.0860. The number of unbranched alkanes of at least 4 members (excludes halogenated alkanes) is 6. The summed E-state index contributed by atoms with van der Waals surface area (Å²) in [4.78, 5) is 11.5. The first-order chi connectivity index (χ1) is 9.94. The van der Waals surface area contributed by atoms with Gasteiger partial charge < -0.3 is 10.1 Å². The predicted octanol–water partition coefficient (Wildman–Crippen LogP) is 2.87. The second-order valence-electron chi connectivity index (χ2n) is 5.60. The van der Waals surface area contributed by atoms with Gasteiger partial charge in [-0.05, 0) is 6.42 Å². The standard InChI is InChI=1S/C14H26ClNO4S/c1-2-3-4-5-6-7-8-9-20-14(17)16-13-11-21(18,19)10-12(13)15/h12-13H,2-11H2,1H3,(H,16,17). The molecule has 1 amide bonds. The molecule has 5 nitrogen and oxygen atoms in total. The van der Waals surface area contributed by atoms with Crippen molar-refractivity contribution in [3.8, 4) is 0 Å². The van der Waals surface area contributed by atoms with Crippen molar-refractivity contribution in [2.75, 3.05) is 18.1 Å². The molecule has 1 N–H and O–H groups in total. The molecule has 1 aliphatic rings. The molecular formula is C14H26ClNO4S. The first kappa shape index (κ1) is 18.6. The van der Waals surface area contributed by atoms with Crippen molar-refractivity contribution in [2.24, 2.45) is 0 Å². The summed E-state index contributed by atoms with van der Waals surface area (Å²) < 4.78 is 27.8. The molecule has 2 unspecified atom stereocenters. The number of carbonyl (C=O) groups excluding carboxylic acids is 1. The highest BCUT2D eigenvalue weighted by molar-refractivity contribution is 7.91. The number of alkyl halides is 1. The van der Waals surface area contributed by atoms with Crippen LogP contribution in [-0.4, -0.2) is 44.0 Å². The van der Waals surface area contributed by atoms with Gasteiger partial charge in [-0.2, -0.15) is 0 Å². The van der Waals surface area contributed by atoms with E-state index in [4.69, 9.17) is 16.3 Å². The SMILES string of the molecule is CCCCCCCCCOC(=O)NC1CS(=O)(=O)CC1Cl. The third kappa shape index (κ3) is 7.90. The smallest absolute Gasteiger partial charge is 0.407 e. The van der Waals surface area contributed by atoms with E-state index in [1.165, 1.54) is 25.7 Å². The van der Waals surface area contributed by atoms with Gasteiger partial charge in [-0.15, -0.1) is 11.6 Å². The molecular weight excluding hydrogens is 314 g/mol. The Kier molecular flexibility index (Phi) is 8.41. The van der Waals surface area contributed by atoms with Crippen molar-refractivity contribution >= 4 is 27.5 Å². The lowest BCUT2D eigenvalue weighted by molar-refractivity contribution is 0.141. The molecule has 0 spiro atoms. The van der Waals surface area contributed by atoms with Gasteiger partial charge in [0.15, 0.2) is 9.84 Å². The number of amides is 1. The van der Waals surface area contributed by atoms with E-state index in [9.17, 15) is 13.2 Å². The molecule has 0 aromatic heterocycles. The largest absolute Gasteiger partial charge is 0.450 e. The number of hydrogen-bond donors (Lipinski definition) is 1. The maximum absolute atomic E-state index is 11.5. The van der Waals surface area contributed by atoms with E-state index in [0.717, 1.165) is 19.3 Å². The van der Waals surface area contributed by atoms with Gasteiger partial charge in [0.1, 0.15) is 0 Å². The lowest BCUT2D eigenvalue weighted by Crippen LogP contribution is -2.41. The number of carbonyl (C=O) groups is 1. The van der Waals surface area contributed by atoms with Crippen LogP contribution in [0.1, 0.15) is 51.9 Å². The molecule has 0 radical (unpaired) electrons. The topological polar surface area (TPSA) is 72.5 Å². The summed E-state index contributed by atoms with van der Waals surface area (Å²) in [5.41, 5.74) is 0. The van der Waals surface area contributed by atoms with Gasteiger partial charge in [-0.1, -0.05) is 45.4 Å². The zero-order valence-electron chi connectivity index (χ0n) is 12.6. The fourth-order valence-electron chi connectivity index (χ4n) is 2.35. The van der Waals surface area contributed by atoms with E-state index in [1.54, 1.807) is 0 Å². The Morgan fingerprint density at radius 1 is 1.14 bits per heavy atom. The van der Waals surface area contributed by atoms with Crippen molar-refractivity contribution in [2.45, 2.75) is 63.3 Å². The number of nitrogens with one attached hydrogen (secondary N) is 1. The van der Waals surface area contributed by atoms with Crippen molar-refractivity contribution in [1.82, 2.24) is 5.32 Å². The van der Waals surface area contributed by atoms with Crippen LogP contribution in [-0.2, 0) is 14.6 Å². The van der Waals surface area contributed by atoms with Gasteiger partial charge in [0.05, 0.1) is 29.5 Å². The number of rotatable bonds is 9. The van der Waals surface area contributed by atoms with E-state index in [1.807, 2.05) is 0 Å². The number of hydrogen-bond acceptors (Lipinski definition) is 4. The summed E-state index contributed by atoms with van der Waals surface area (Å²) in [6.07, 6.45) is 7.49. The summed E-state index contributed by atoms with van der Waals surface area (Å²) in [5.74, 6) is -0.190. The van der Waals surface area contributed by atoms with Gasteiger partial charge in [-0.25, -0.2) is 13.2 Å². The average Bonchev–Trinajstić information content (AvgIpc) is 2.65. The van der Waals surface area contributed by atoms with E-state index < -0.39 is 27.3 Å².